The summed E-state index contributed by atoms with van der Waals surface area (Å²) in [5, 5.41) is 0. The number of benzene rings is 1. The number of carbonyl (C=O) groups is 3. The minimum atomic E-state index is -0.720. The first-order chi connectivity index (χ1) is 13.0. The molecule has 2 amide bonds. The molecular weight excluding hydrogens is 350 g/mol. The topological polar surface area (TPSA) is 82.1 Å². The summed E-state index contributed by atoms with van der Waals surface area (Å²) in [4.78, 5) is 39.3. The van der Waals surface area contributed by atoms with Gasteiger partial charge < -0.3 is 14.2 Å². The molecule has 1 aromatic rings. The summed E-state index contributed by atoms with van der Waals surface area (Å²) < 4.78 is 15.4. The highest BCUT2D eigenvalue weighted by atomic mass is 16.5. The lowest BCUT2D eigenvalue weighted by molar-refractivity contribution is -0.147. The lowest BCUT2D eigenvalue weighted by atomic mass is 9.81. The standard InChI is InChI=1S/C20H25NO6/c1-25-16-9-8-12(10-17(16)26-2)15(11-18(22)27-3)21-19(23)13-6-4-5-7-14(13)20(21)24/h8-10,13-15H,4-7,11H2,1-3H3/t13-,14+,15?. The van der Waals surface area contributed by atoms with Crippen LogP contribution in [0.4, 0.5) is 0 Å². The first-order valence-electron chi connectivity index (χ1n) is 9.17. The molecule has 1 saturated heterocycles. The molecule has 1 aliphatic carbocycles. The Hall–Kier alpha value is -2.57. The van der Waals surface area contributed by atoms with Crippen LogP contribution < -0.4 is 9.47 Å². The van der Waals surface area contributed by atoms with Gasteiger partial charge in [0.05, 0.1) is 45.6 Å². The fourth-order valence-electron chi connectivity index (χ4n) is 4.15. The van der Waals surface area contributed by atoms with Gasteiger partial charge in [0.2, 0.25) is 11.8 Å². The highest BCUT2D eigenvalue weighted by Gasteiger charge is 2.51. The fraction of sp³-hybridized carbons (Fsp3) is 0.550. The Kier molecular flexibility index (Phi) is 5.68. The monoisotopic (exact) mass is 375 g/mol. The third-order valence-electron chi connectivity index (χ3n) is 5.57. The predicted octanol–water partition coefficient (Wildman–Crippen LogP) is 2.48. The Morgan fingerprint density at radius 1 is 1.04 bits per heavy atom. The largest absolute Gasteiger partial charge is 0.493 e. The Morgan fingerprint density at radius 2 is 1.63 bits per heavy atom. The number of carbonyl (C=O) groups excluding carboxylic acids is 3. The number of nitrogens with zero attached hydrogens (tertiary/aromatic N) is 1. The van der Waals surface area contributed by atoms with Crippen LogP contribution in [-0.2, 0) is 19.1 Å². The average molecular weight is 375 g/mol. The summed E-state index contributed by atoms with van der Waals surface area (Å²) in [6, 6.07) is 4.44. The van der Waals surface area contributed by atoms with Crippen molar-refractivity contribution in [1.29, 1.82) is 0 Å². The van der Waals surface area contributed by atoms with Gasteiger partial charge in [-0.25, -0.2) is 0 Å². The molecule has 7 heteroatoms. The molecule has 1 aliphatic heterocycles. The van der Waals surface area contributed by atoms with Gasteiger partial charge in [-0.2, -0.15) is 0 Å². The molecule has 1 heterocycles. The molecule has 1 unspecified atom stereocenters. The fourth-order valence-corrected chi connectivity index (χ4v) is 4.15. The van der Waals surface area contributed by atoms with Crippen LogP contribution in [-0.4, -0.2) is 44.0 Å². The molecule has 0 spiro atoms. The first kappa shape index (κ1) is 19.2. The van der Waals surface area contributed by atoms with Crippen LogP contribution in [0.1, 0.15) is 43.7 Å². The lowest BCUT2D eigenvalue weighted by Gasteiger charge is -2.27. The van der Waals surface area contributed by atoms with Crippen molar-refractivity contribution in [2.75, 3.05) is 21.3 Å². The molecule has 146 valence electrons. The van der Waals surface area contributed by atoms with Crippen molar-refractivity contribution in [3.8, 4) is 11.5 Å². The highest BCUT2D eigenvalue weighted by Crippen LogP contribution is 2.43. The third-order valence-corrected chi connectivity index (χ3v) is 5.57. The Labute approximate surface area is 158 Å². The van der Waals surface area contributed by atoms with E-state index in [1.54, 1.807) is 18.2 Å². The zero-order valence-corrected chi connectivity index (χ0v) is 15.9. The van der Waals surface area contributed by atoms with Gasteiger partial charge in [0.25, 0.3) is 0 Å². The molecule has 1 saturated carbocycles. The zero-order chi connectivity index (χ0) is 19.6. The average Bonchev–Trinajstić information content (AvgIpc) is 2.96. The van der Waals surface area contributed by atoms with Crippen molar-refractivity contribution in [2.24, 2.45) is 11.8 Å². The van der Waals surface area contributed by atoms with E-state index in [2.05, 4.69) is 0 Å². The second-order valence-corrected chi connectivity index (χ2v) is 6.95. The minimum Gasteiger partial charge on any atom is -0.493 e. The number of fused-ring (bicyclic) bond motifs is 1. The van der Waals surface area contributed by atoms with Crippen molar-refractivity contribution in [1.82, 2.24) is 4.90 Å². The first-order valence-corrected chi connectivity index (χ1v) is 9.17. The SMILES string of the molecule is COC(=O)CC(c1ccc(OC)c(OC)c1)N1C(=O)[C@H]2CCCC[C@H]2C1=O. The van der Waals surface area contributed by atoms with Gasteiger partial charge >= 0.3 is 5.97 Å². The number of likely N-dealkylation sites (tertiary alicyclic amines) is 1. The summed E-state index contributed by atoms with van der Waals surface area (Å²) in [6.07, 6.45) is 3.26. The van der Waals surface area contributed by atoms with E-state index >= 15 is 0 Å². The maximum absolute atomic E-state index is 13.0. The van der Waals surface area contributed by atoms with Crippen molar-refractivity contribution < 1.29 is 28.6 Å². The van der Waals surface area contributed by atoms with Gasteiger partial charge in [-0.1, -0.05) is 18.9 Å². The third kappa shape index (κ3) is 3.50. The van der Waals surface area contributed by atoms with Crippen LogP contribution >= 0.6 is 0 Å². The molecule has 2 fully saturated rings. The zero-order valence-electron chi connectivity index (χ0n) is 15.9. The van der Waals surface area contributed by atoms with Gasteiger partial charge in [-0.05, 0) is 30.5 Å². The smallest absolute Gasteiger partial charge is 0.307 e. The van der Waals surface area contributed by atoms with E-state index < -0.39 is 12.0 Å². The van der Waals surface area contributed by atoms with Crippen molar-refractivity contribution in [3.63, 3.8) is 0 Å². The van der Waals surface area contributed by atoms with E-state index in [0.717, 1.165) is 25.7 Å². The number of hydrogen-bond donors (Lipinski definition) is 0. The number of amides is 2. The van der Waals surface area contributed by atoms with Crippen LogP contribution in [0, 0.1) is 11.8 Å². The summed E-state index contributed by atoms with van der Waals surface area (Å²) in [5.74, 6) is -0.391. The molecule has 27 heavy (non-hydrogen) atoms. The lowest BCUT2D eigenvalue weighted by Crippen LogP contribution is -2.36. The van der Waals surface area contributed by atoms with E-state index in [9.17, 15) is 14.4 Å². The molecule has 7 nitrogen and oxygen atoms in total. The number of ether oxygens (including phenoxy) is 3. The quantitative estimate of drug-likeness (QED) is 0.561. The predicted molar refractivity (Wildman–Crippen MR) is 96.2 cm³/mol. The number of imide groups is 1. The van der Waals surface area contributed by atoms with Gasteiger partial charge in [-0.15, -0.1) is 0 Å². The maximum atomic E-state index is 13.0. The summed E-state index contributed by atoms with van der Waals surface area (Å²) in [6.45, 7) is 0. The van der Waals surface area contributed by atoms with Gasteiger partial charge in [-0.3, -0.25) is 19.3 Å². The summed E-state index contributed by atoms with van der Waals surface area (Å²) >= 11 is 0. The number of rotatable bonds is 6. The second-order valence-electron chi connectivity index (χ2n) is 6.95. The molecular formula is C20H25NO6. The van der Waals surface area contributed by atoms with Gasteiger partial charge in [0.1, 0.15) is 0 Å². The normalized spacial score (nSPS) is 23.0. The van der Waals surface area contributed by atoms with Crippen LogP contribution in [0.15, 0.2) is 18.2 Å². The molecule has 0 N–H and O–H groups in total. The minimum absolute atomic E-state index is 0.0943. The van der Waals surface area contributed by atoms with Crippen molar-refractivity contribution in [3.05, 3.63) is 23.8 Å². The molecule has 0 bridgehead atoms. The van der Waals surface area contributed by atoms with Crippen molar-refractivity contribution >= 4 is 17.8 Å². The Bertz CT molecular complexity index is 722. The molecule has 0 radical (unpaired) electrons. The van der Waals surface area contributed by atoms with Crippen LogP contribution in [0.2, 0.25) is 0 Å². The molecule has 1 aromatic carbocycles. The second kappa shape index (κ2) is 7.98. The summed E-state index contributed by atoms with van der Waals surface area (Å²) in [5.41, 5.74) is 0.637. The molecule has 3 rings (SSSR count). The number of esters is 1. The maximum Gasteiger partial charge on any atom is 0.307 e. The number of hydrogen-bond acceptors (Lipinski definition) is 6. The molecule has 2 aliphatic rings. The van der Waals surface area contributed by atoms with Crippen molar-refractivity contribution in [2.45, 2.75) is 38.1 Å². The number of methoxy groups -OCH3 is 3. The molecule has 0 aromatic heterocycles. The van der Waals surface area contributed by atoms with Crippen LogP contribution in [0.5, 0.6) is 11.5 Å². The Morgan fingerprint density at radius 3 is 2.15 bits per heavy atom. The highest BCUT2D eigenvalue weighted by molar-refractivity contribution is 6.05. The molecule has 3 atom stereocenters. The summed E-state index contributed by atoms with van der Waals surface area (Å²) in [7, 11) is 4.33. The van der Waals surface area contributed by atoms with E-state index in [1.165, 1.54) is 26.2 Å². The van der Waals surface area contributed by atoms with Gasteiger partial charge in [0, 0.05) is 0 Å². The van der Waals surface area contributed by atoms with Gasteiger partial charge in [0.15, 0.2) is 11.5 Å². The van der Waals surface area contributed by atoms with E-state index in [-0.39, 0.29) is 30.1 Å². The van der Waals surface area contributed by atoms with E-state index in [1.807, 2.05) is 0 Å². The van der Waals surface area contributed by atoms with Crippen LogP contribution in [0.3, 0.4) is 0 Å². The van der Waals surface area contributed by atoms with E-state index in [4.69, 9.17) is 14.2 Å². The van der Waals surface area contributed by atoms with E-state index in [0.29, 0.717) is 17.1 Å². The van der Waals surface area contributed by atoms with Crippen LogP contribution in [0.25, 0.3) is 0 Å². The Balaban J connectivity index is 2.00.